The molecule has 3 rings (SSSR count). The zero-order valence-corrected chi connectivity index (χ0v) is 14.5. The Morgan fingerprint density at radius 2 is 1.76 bits per heavy atom. The summed E-state index contributed by atoms with van der Waals surface area (Å²) in [4.78, 5) is 24.8. The Morgan fingerprint density at radius 1 is 1.08 bits per heavy atom. The van der Waals surface area contributed by atoms with Crippen molar-refractivity contribution < 1.29 is 4.79 Å². The van der Waals surface area contributed by atoms with Gasteiger partial charge in [-0.05, 0) is 37.6 Å². The molecule has 0 aliphatic rings. The second-order valence-corrected chi connectivity index (χ2v) is 6.04. The molecule has 25 heavy (non-hydrogen) atoms. The minimum Gasteiger partial charge on any atom is -0.320 e. The number of nitrogens with zero attached hydrogens (tertiary/aromatic N) is 2. The normalized spacial score (nSPS) is 10.5. The van der Waals surface area contributed by atoms with Crippen molar-refractivity contribution in [2.45, 2.75) is 13.8 Å². The number of hydrogen-bond acceptors (Lipinski definition) is 3. The highest BCUT2D eigenvalue weighted by atomic mass is 35.5. The topological polar surface area (TPSA) is 64.0 Å². The zero-order chi connectivity index (χ0) is 18.0. The van der Waals surface area contributed by atoms with Crippen LogP contribution in [0.3, 0.4) is 0 Å². The molecular formula is C19H16ClN3O2. The van der Waals surface area contributed by atoms with E-state index in [0.717, 1.165) is 5.56 Å². The van der Waals surface area contributed by atoms with E-state index >= 15 is 0 Å². The number of amides is 1. The molecule has 2 aromatic carbocycles. The number of aromatic nitrogens is 2. The van der Waals surface area contributed by atoms with E-state index in [9.17, 15) is 9.59 Å². The number of anilines is 1. The van der Waals surface area contributed by atoms with Gasteiger partial charge in [0.25, 0.3) is 5.91 Å². The van der Waals surface area contributed by atoms with E-state index in [4.69, 9.17) is 11.6 Å². The highest BCUT2D eigenvalue weighted by molar-refractivity contribution is 6.32. The van der Waals surface area contributed by atoms with Gasteiger partial charge in [-0.25, -0.2) is 4.68 Å². The molecule has 3 aromatic rings. The standard InChI is InChI=1S/C19H16ClN3O2/c1-12-7-3-5-9-15(12)21-19(25)18-17(24)11-13(2)23(22-18)16-10-6-4-8-14(16)20/h3-11H,1-2H3,(H,21,25). The van der Waals surface area contributed by atoms with Crippen LogP contribution in [0.25, 0.3) is 5.69 Å². The van der Waals surface area contributed by atoms with Crippen LogP contribution in [-0.4, -0.2) is 15.7 Å². The third-order valence-corrected chi connectivity index (χ3v) is 4.12. The molecule has 0 radical (unpaired) electrons. The molecule has 0 atom stereocenters. The average molecular weight is 354 g/mol. The van der Waals surface area contributed by atoms with E-state index in [2.05, 4.69) is 10.4 Å². The fraction of sp³-hybridized carbons (Fsp3) is 0.105. The summed E-state index contributed by atoms with van der Waals surface area (Å²) in [7, 11) is 0. The summed E-state index contributed by atoms with van der Waals surface area (Å²) in [5.74, 6) is -0.555. The molecule has 6 heteroatoms. The van der Waals surface area contributed by atoms with Crippen LogP contribution in [0.2, 0.25) is 5.02 Å². The minimum atomic E-state index is -0.555. The van der Waals surface area contributed by atoms with Gasteiger partial charge >= 0.3 is 0 Å². The van der Waals surface area contributed by atoms with E-state index in [-0.39, 0.29) is 5.69 Å². The molecule has 0 saturated heterocycles. The first-order valence-electron chi connectivity index (χ1n) is 7.70. The van der Waals surface area contributed by atoms with Crippen LogP contribution in [0.4, 0.5) is 5.69 Å². The maximum atomic E-state index is 12.5. The Labute approximate surface area is 149 Å². The third-order valence-electron chi connectivity index (χ3n) is 3.80. The number of carbonyl (C=O) groups is 1. The number of aryl methyl sites for hydroxylation is 2. The molecule has 0 saturated carbocycles. The van der Waals surface area contributed by atoms with Crippen LogP contribution in [0.1, 0.15) is 21.7 Å². The molecule has 0 fully saturated rings. The van der Waals surface area contributed by atoms with Crippen molar-refractivity contribution in [1.29, 1.82) is 0 Å². The van der Waals surface area contributed by atoms with E-state index < -0.39 is 11.3 Å². The maximum Gasteiger partial charge on any atom is 0.280 e. The molecule has 0 aliphatic carbocycles. The molecule has 0 aliphatic heterocycles. The van der Waals surface area contributed by atoms with Gasteiger partial charge in [0, 0.05) is 17.4 Å². The van der Waals surface area contributed by atoms with Crippen LogP contribution < -0.4 is 10.7 Å². The summed E-state index contributed by atoms with van der Waals surface area (Å²) >= 11 is 6.21. The Kier molecular flexibility index (Phi) is 4.67. The summed E-state index contributed by atoms with van der Waals surface area (Å²) in [6.45, 7) is 3.61. The Morgan fingerprint density at radius 3 is 2.48 bits per heavy atom. The van der Waals surface area contributed by atoms with Crippen molar-refractivity contribution in [3.05, 3.63) is 86.8 Å². The predicted octanol–water partition coefficient (Wildman–Crippen LogP) is 3.76. The van der Waals surface area contributed by atoms with E-state index in [1.54, 1.807) is 31.2 Å². The first-order chi connectivity index (χ1) is 12.0. The van der Waals surface area contributed by atoms with E-state index in [1.165, 1.54) is 10.7 Å². The highest BCUT2D eigenvalue weighted by Crippen LogP contribution is 2.20. The van der Waals surface area contributed by atoms with Crippen molar-refractivity contribution >= 4 is 23.2 Å². The Bertz CT molecular complexity index is 1010. The monoisotopic (exact) mass is 353 g/mol. The van der Waals surface area contributed by atoms with Gasteiger partial charge < -0.3 is 5.32 Å². The van der Waals surface area contributed by atoms with Crippen molar-refractivity contribution in [1.82, 2.24) is 9.78 Å². The number of benzene rings is 2. The molecule has 0 spiro atoms. The van der Waals surface area contributed by atoms with Gasteiger partial charge in [-0.15, -0.1) is 0 Å². The van der Waals surface area contributed by atoms with Crippen LogP contribution in [0.5, 0.6) is 0 Å². The van der Waals surface area contributed by atoms with Gasteiger partial charge in [-0.1, -0.05) is 41.9 Å². The van der Waals surface area contributed by atoms with Crippen LogP contribution in [0, 0.1) is 13.8 Å². The number of rotatable bonds is 3. The van der Waals surface area contributed by atoms with Crippen LogP contribution in [0.15, 0.2) is 59.4 Å². The molecule has 1 heterocycles. The van der Waals surface area contributed by atoms with Gasteiger partial charge in [0.1, 0.15) is 0 Å². The maximum absolute atomic E-state index is 12.5. The average Bonchev–Trinajstić information content (AvgIpc) is 2.58. The second kappa shape index (κ2) is 6.91. The fourth-order valence-electron chi connectivity index (χ4n) is 2.47. The lowest BCUT2D eigenvalue weighted by Crippen LogP contribution is -2.27. The number of carbonyl (C=O) groups excluding carboxylic acids is 1. The van der Waals surface area contributed by atoms with E-state index in [0.29, 0.717) is 22.1 Å². The van der Waals surface area contributed by atoms with Crippen LogP contribution >= 0.6 is 11.6 Å². The lowest BCUT2D eigenvalue weighted by Gasteiger charge is -2.13. The predicted molar refractivity (Wildman–Crippen MR) is 98.7 cm³/mol. The number of nitrogens with one attached hydrogen (secondary N) is 1. The summed E-state index contributed by atoms with van der Waals surface area (Å²) < 4.78 is 1.50. The number of hydrogen-bond donors (Lipinski definition) is 1. The molecular weight excluding hydrogens is 338 g/mol. The first kappa shape index (κ1) is 16.9. The van der Waals surface area contributed by atoms with Crippen molar-refractivity contribution in [3.8, 4) is 5.69 Å². The minimum absolute atomic E-state index is 0.186. The summed E-state index contributed by atoms with van der Waals surface area (Å²) in [6, 6.07) is 15.8. The van der Waals surface area contributed by atoms with E-state index in [1.807, 2.05) is 31.2 Å². The molecule has 1 aromatic heterocycles. The quantitative estimate of drug-likeness (QED) is 0.779. The van der Waals surface area contributed by atoms with Crippen molar-refractivity contribution in [2.75, 3.05) is 5.32 Å². The SMILES string of the molecule is Cc1ccccc1NC(=O)c1nn(-c2ccccc2Cl)c(C)cc1=O. The Hall–Kier alpha value is -2.92. The van der Waals surface area contributed by atoms with Crippen molar-refractivity contribution in [2.24, 2.45) is 0 Å². The second-order valence-electron chi connectivity index (χ2n) is 5.63. The lowest BCUT2D eigenvalue weighted by atomic mass is 10.2. The number of para-hydroxylation sites is 2. The fourth-order valence-corrected chi connectivity index (χ4v) is 2.68. The summed E-state index contributed by atoms with van der Waals surface area (Å²) in [6.07, 6.45) is 0. The molecule has 1 amide bonds. The molecule has 5 nitrogen and oxygen atoms in total. The largest absolute Gasteiger partial charge is 0.320 e. The smallest absolute Gasteiger partial charge is 0.280 e. The Balaban J connectivity index is 2.04. The molecule has 1 N–H and O–H groups in total. The first-order valence-corrected chi connectivity index (χ1v) is 8.08. The summed E-state index contributed by atoms with van der Waals surface area (Å²) in [5.41, 5.74) is 2.10. The third kappa shape index (κ3) is 3.46. The van der Waals surface area contributed by atoms with Gasteiger partial charge in [0.05, 0.1) is 10.7 Å². The van der Waals surface area contributed by atoms with Gasteiger partial charge in [-0.2, -0.15) is 5.10 Å². The zero-order valence-electron chi connectivity index (χ0n) is 13.8. The molecule has 0 unspecified atom stereocenters. The summed E-state index contributed by atoms with van der Waals surface area (Å²) in [5, 5.41) is 7.45. The van der Waals surface area contributed by atoms with Crippen molar-refractivity contribution in [3.63, 3.8) is 0 Å². The van der Waals surface area contributed by atoms with Gasteiger partial charge in [0.2, 0.25) is 5.43 Å². The molecule has 0 bridgehead atoms. The van der Waals surface area contributed by atoms with Gasteiger partial charge in [0.15, 0.2) is 5.69 Å². The molecule has 126 valence electrons. The highest BCUT2D eigenvalue weighted by Gasteiger charge is 2.17. The lowest BCUT2D eigenvalue weighted by molar-refractivity contribution is 0.101. The number of halogens is 1. The van der Waals surface area contributed by atoms with Gasteiger partial charge in [-0.3, -0.25) is 9.59 Å². The van der Waals surface area contributed by atoms with Crippen LogP contribution in [-0.2, 0) is 0 Å².